The van der Waals surface area contributed by atoms with Gasteiger partial charge in [0.1, 0.15) is 11.5 Å². The van der Waals surface area contributed by atoms with Gasteiger partial charge in [-0.15, -0.1) is 11.3 Å². The van der Waals surface area contributed by atoms with Gasteiger partial charge in [0.05, 0.1) is 21.9 Å². The molecule has 4 aromatic heterocycles. The summed E-state index contributed by atoms with van der Waals surface area (Å²) in [6.45, 7) is 12.0. The Bertz CT molecular complexity index is 1420. The number of rotatable bonds is 9. The molecule has 0 radical (unpaired) electrons. The summed E-state index contributed by atoms with van der Waals surface area (Å²) in [6, 6.07) is 11.8. The lowest BCUT2D eigenvalue weighted by atomic mass is 9.94. The van der Waals surface area contributed by atoms with Crippen LogP contribution < -0.4 is 10.2 Å². The second kappa shape index (κ2) is 11.4. The minimum atomic E-state index is -0.678. The lowest BCUT2D eigenvalue weighted by molar-refractivity contribution is 0.0350. The molecule has 0 spiro atoms. The smallest absolute Gasteiger partial charge is 0.251 e. The molecular weight excluding hydrogens is 510 g/mol. The van der Waals surface area contributed by atoms with Crippen molar-refractivity contribution < 1.29 is 9.90 Å². The fourth-order valence-electron chi connectivity index (χ4n) is 5.04. The third-order valence-corrected chi connectivity index (χ3v) is 8.49. The van der Waals surface area contributed by atoms with E-state index in [1.165, 1.54) is 0 Å². The average Bonchev–Trinajstić information content (AvgIpc) is 3.62. The van der Waals surface area contributed by atoms with Gasteiger partial charge in [-0.25, -0.2) is 14.5 Å². The summed E-state index contributed by atoms with van der Waals surface area (Å²) in [6.07, 6.45) is 3.19. The van der Waals surface area contributed by atoms with Crippen molar-refractivity contribution in [3.8, 4) is 22.0 Å². The Morgan fingerprint density at radius 2 is 1.90 bits per heavy atom. The number of amides is 1. The number of likely N-dealkylation sites (N-methyl/N-ethyl adjacent to an activating group) is 1. The van der Waals surface area contributed by atoms with Crippen LogP contribution in [-0.2, 0) is 0 Å². The summed E-state index contributed by atoms with van der Waals surface area (Å²) in [5.41, 5.74) is 2.76. The van der Waals surface area contributed by atoms with E-state index in [9.17, 15) is 9.90 Å². The zero-order valence-corrected chi connectivity index (χ0v) is 23.9. The van der Waals surface area contributed by atoms with Crippen molar-refractivity contribution in [2.24, 2.45) is 0 Å². The average molecular weight is 548 g/mol. The molecular formula is C29H37N7O2S. The molecule has 5 rings (SSSR count). The maximum absolute atomic E-state index is 13.4. The van der Waals surface area contributed by atoms with Gasteiger partial charge in [0.2, 0.25) is 0 Å². The van der Waals surface area contributed by atoms with Crippen LogP contribution in [0.4, 0.5) is 5.82 Å². The van der Waals surface area contributed by atoms with E-state index in [2.05, 4.69) is 35.9 Å². The molecule has 1 aliphatic rings. The van der Waals surface area contributed by atoms with E-state index in [0.29, 0.717) is 55.2 Å². The molecule has 0 aliphatic carbocycles. The number of thiophene rings is 1. The largest absolute Gasteiger partial charge is 0.390 e. The van der Waals surface area contributed by atoms with Crippen molar-refractivity contribution in [2.75, 3.05) is 37.6 Å². The topological polar surface area (TPSA) is 98.9 Å². The van der Waals surface area contributed by atoms with Gasteiger partial charge in [0, 0.05) is 43.5 Å². The predicted octanol–water partition coefficient (Wildman–Crippen LogP) is 4.33. The molecule has 1 saturated heterocycles. The van der Waals surface area contributed by atoms with E-state index in [0.717, 1.165) is 29.3 Å². The quantitative estimate of drug-likeness (QED) is 0.322. The van der Waals surface area contributed by atoms with Crippen molar-refractivity contribution in [3.05, 3.63) is 53.5 Å². The molecule has 39 heavy (non-hydrogen) atoms. The number of pyridine rings is 1. The summed E-state index contributed by atoms with van der Waals surface area (Å²) in [5, 5.41) is 20.3. The van der Waals surface area contributed by atoms with Crippen molar-refractivity contribution in [1.29, 1.82) is 0 Å². The number of aromatic nitrogens is 4. The maximum atomic E-state index is 13.4. The molecule has 0 bridgehead atoms. The minimum Gasteiger partial charge on any atom is -0.390 e. The first-order valence-corrected chi connectivity index (χ1v) is 14.6. The number of fused-ring (bicyclic) bond motifs is 1. The molecule has 1 amide bonds. The van der Waals surface area contributed by atoms with Crippen LogP contribution in [0, 0.1) is 0 Å². The monoisotopic (exact) mass is 547 g/mol. The van der Waals surface area contributed by atoms with Crippen LogP contribution in [0.2, 0.25) is 0 Å². The van der Waals surface area contributed by atoms with Crippen LogP contribution in [-0.4, -0.2) is 79.9 Å². The summed E-state index contributed by atoms with van der Waals surface area (Å²) in [7, 11) is 0. The number of nitrogens with zero attached hydrogens (tertiary/aromatic N) is 6. The lowest BCUT2D eigenvalue weighted by Gasteiger charge is -2.36. The van der Waals surface area contributed by atoms with Gasteiger partial charge >= 0.3 is 0 Å². The van der Waals surface area contributed by atoms with E-state index in [-0.39, 0.29) is 11.9 Å². The number of carbonyl (C=O) groups is 1. The number of hydrogen-bond acceptors (Lipinski definition) is 8. The molecule has 0 saturated carbocycles. The number of hydrogen-bond donors (Lipinski definition) is 2. The molecule has 1 unspecified atom stereocenters. The van der Waals surface area contributed by atoms with Gasteiger partial charge in [0.15, 0.2) is 5.65 Å². The Labute approximate surface area is 233 Å². The van der Waals surface area contributed by atoms with Crippen LogP contribution in [0.25, 0.3) is 27.6 Å². The lowest BCUT2D eigenvalue weighted by Crippen LogP contribution is -2.43. The number of piperidine rings is 1. The first kappa shape index (κ1) is 27.2. The minimum absolute atomic E-state index is 0.134. The van der Waals surface area contributed by atoms with Gasteiger partial charge in [-0.2, -0.15) is 5.10 Å². The number of aliphatic hydroxyl groups is 1. The first-order chi connectivity index (χ1) is 18.8. The molecule has 2 N–H and O–H groups in total. The van der Waals surface area contributed by atoms with Gasteiger partial charge in [0.25, 0.3) is 5.91 Å². The van der Waals surface area contributed by atoms with Crippen molar-refractivity contribution in [3.63, 3.8) is 0 Å². The zero-order chi connectivity index (χ0) is 27.6. The Kier molecular flexibility index (Phi) is 7.97. The number of anilines is 1. The van der Waals surface area contributed by atoms with Gasteiger partial charge in [-0.05, 0) is 69.4 Å². The Hall–Kier alpha value is -3.34. The van der Waals surface area contributed by atoms with E-state index < -0.39 is 5.60 Å². The van der Waals surface area contributed by atoms with Crippen LogP contribution in [0.15, 0.2) is 48.0 Å². The molecule has 1 fully saturated rings. The van der Waals surface area contributed by atoms with Crippen LogP contribution in [0.3, 0.4) is 0 Å². The zero-order valence-electron chi connectivity index (χ0n) is 23.1. The van der Waals surface area contributed by atoms with E-state index in [1.54, 1.807) is 15.9 Å². The summed E-state index contributed by atoms with van der Waals surface area (Å²) in [5.74, 6) is 0.582. The van der Waals surface area contributed by atoms with Crippen LogP contribution >= 0.6 is 11.3 Å². The van der Waals surface area contributed by atoms with Gasteiger partial charge in [-0.3, -0.25) is 9.69 Å². The predicted molar refractivity (Wildman–Crippen MR) is 156 cm³/mol. The van der Waals surface area contributed by atoms with Gasteiger partial charge in [-0.1, -0.05) is 19.9 Å². The van der Waals surface area contributed by atoms with E-state index in [4.69, 9.17) is 15.1 Å². The first-order valence-electron chi connectivity index (χ1n) is 13.7. The highest BCUT2D eigenvalue weighted by Gasteiger charge is 2.29. The van der Waals surface area contributed by atoms with Crippen LogP contribution in [0.1, 0.15) is 50.9 Å². The maximum Gasteiger partial charge on any atom is 0.251 e. The SMILES string of the molecule is CCN(CC)C(C)CNC(=O)c1cc(-c2cc3nc(-c4cccs4)ccn3n2)nc(N2CCC(C)(O)CC2)c1. The standard InChI is InChI=1S/C29H37N7O2S/c1-5-34(6-2)20(3)19-30-28(37)21-16-23(32-26(17-21)35-13-10-29(4,38)11-14-35)24-18-27-31-22(9-12-36(27)33-24)25-8-7-15-39-25/h7-9,12,15-18,20,38H,5-6,10-11,13-14,19H2,1-4H3,(H,30,37). The Balaban J connectivity index is 1.47. The third-order valence-electron chi connectivity index (χ3n) is 7.59. The molecule has 1 atom stereocenters. The Morgan fingerprint density at radius 1 is 1.13 bits per heavy atom. The molecule has 1 aliphatic heterocycles. The second-order valence-corrected chi connectivity index (χ2v) is 11.4. The van der Waals surface area contributed by atoms with Crippen LogP contribution in [0.5, 0.6) is 0 Å². The third kappa shape index (κ3) is 6.13. The molecule has 9 nitrogen and oxygen atoms in total. The molecule has 10 heteroatoms. The highest BCUT2D eigenvalue weighted by Crippen LogP contribution is 2.29. The van der Waals surface area contributed by atoms with Crippen molar-refractivity contribution >= 4 is 28.7 Å². The highest BCUT2D eigenvalue weighted by atomic mass is 32.1. The van der Waals surface area contributed by atoms with Crippen molar-refractivity contribution in [2.45, 2.75) is 52.2 Å². The normalized spacial score (nSPS) is 16.1. The molecule has 5 heterocycles. The van der Waals surface area contributed by atoms with E-state index in [1.807, 2.05) is 54.9 Å². The molecule has 0 aromatic carbocycles. The summed E-state index contributed by atoms with van der Waals surface area (Å²) in [4.78, 5) is 28.6. The van der Waals surface area contributed by atoms with E-state index >= 15 is 0 Å². The fourth-order valence-corrected chi connectivity index (χ4v) is 5.74. The number of carbonyl (C=O) groups excluding carboxylic acids is 1. The highest BCUT2D eigenvalue weighted by molar-refractivity contribution is 7.13. The summed E-state index contributed by atoms with van der Waals surface area (Å²) >= 11 is 1.65. The van der Waals surface area contributed by atoms with Crippen molar-refractivity contribution in [1.82, 2.24) is 29.8 Å². The second-order valence-electron chi connectivity index (χ2n) is 10.5. The Morgan fingerprint density at radius 3 is 2.59 bits per heavy atom. The molecule has 4 aromatic rings. The van der Waals surface area contributed by atoms with Gasteiger partial charge < -0.3 is 15.3 Å². The fraction of sp³-hybridized carbons (Fsp3) is 0.448. The number of nitrogens with one attached hydrogen (secondary N) is 1. The summed E-state index contributed by atoms with van der Waals surface area (Å²) < 4.78 is 1.74. The molecule has 206 valence electrons.